The van der Waals surface area contributed by atoms with Gasteiger partial charge in [-0.25, -0.2) is 0 Å². The van der Waals surface area contributed by atoms with E-state index in [0.717, 1.165) is 11.1 Å². The average molecular weight is 359 g/mol. The van der Waals surface area contributed by atoms with Gasteiger partial charge in [0, 0.05) is 37.9 Å². The lowest BCUT2D eigenvalue weighted by Crippen LogP contribution is -2.50. The minimum Gasteiger partial charge on any atom is -0.357 e. The molecular weight excluding hydrogens is 338 g/mol. The molecule has 0 saturated carbocycles. The van der Waals surface area contributed by atoms with Crippen molar-refractivity contribution in [2.75, 3.05) is 26.2 Å². The van der Waals surface area contributed by atoms with Crippen molar-refractivity contribution in [1.29, 1.82) is 0 Å². The Balaban J connectivity index is 1.39. The van der Waals surface area contributed by atoms with E-state index in [9.17, 15) is 9.59 Å². The number of H-pyrrole nitrogens is 1. The number of nitrogens with zero attached hydrogens (tertiary/aromatic N) is 2. The fraction of sp³-hybridized carbons (Fsp3) is 0.182. The number of carbonyl (C=O) groups excluding carboxylic acids is 2. The van der Waals surface area contributed by atoms with Crippen LogP contribution < -0.4 is 0 Å². The molecule has 0 spiro atoms. The number of amides is 2. The van der Waals surface area contributed by atoms with Crippen LogP contribution in [0.15, 0.2) is 72.9 Å². The lowest BCUT2D eigenvalue weighted by atomic mass is 10.0. The number of benzene rings is 2. The molecule has 2 heterocycles. The second-order valence-electron chi connectivity index (χ2n) is 6.61. The largest absolute Gasteiger partial charge is 0.357 e. The first-order chi connectivity index (χ1) is 13.2. The normalized spacial score (nSPS) is 14.2. The van der Waals surface area contributed by atoms with Gasteiger partial charge in [0.2, 0.25) is 0 Å². The molecule has 136 valence electrons. The molecule has 5 nitrogen and oxygen atoms in total. The minimum atomic E-state index is -0.0145. The number of nitrogens with one attached hydrogen (secondary N) is 1. The Kier molecular flexibility index (Phi) is 4.75. The summed E-state index contributed by atoms with van der Waals surface area (Å²) in [6.07, 6.45) is 1.74. The number of aromatic amines is 1. The predicted molar refractivity (Wildman–Crippen MR) is 104 cm³/mol. The van der Waals surface area contributed by atoms with Gasteiger partial charge in [-0.2, -0.15) is 0 Å². The van der Waals surface area contributed by atoms with Gasteiger partial charge in [-0.1, -0.05) is 42.5 Å². The number of hydrogen-bond acceptors (Lipinski definition) is 2. The van der Waals surface area contributed by atoms with Gasteiger partial charge >= 0.3 is 0 Å². The van der Waals surface area contributed by atoms with Crippen molar-refractivity contribution in [1.82, 2.24) is 14.8 Å². The third kappa shape index (κ3) is 3.62. The Hall–Kier alpha value is -3.34. The monoisotopic (exact) mass is 359 g/mol. The molecule has 0 radical (unpaired) electrons. The second kappa shape index (κ2) is 7.50. The van der Waals surface area contributed by atoms with E-state index in [4.69, 9.17) is 0 Å². The smallest absolute Gasteiger partial charge is 0.270 e. The maximum atomic E-state index is 12.8. The summed E-state index contributed by atoms with van der Waals surface area (Å²) in [5.41, 5.74) is 3.49. The summed E-state index contributed by atoms with van der Waals surface area (Å²) in [6, 6.07) is 21.4. The molecule has 1 aliphatic rings. The number of aromatic nitrogens is 1. The molecule has 2 amide bonds. The number of hydrogen-bond donors (Lipinski definition) is 1. The summed E-state index contributed by atoms with van der Waals surface area (Å²) in [6.45, 7) is 2.19. The summed E-state index contributed by atoms with van der Waals surface area (Å²) >= 11 is 0. The molecule has 2 aromatic carbocycles. The molecule has 27 heavy (non-hydrogen) atoms. The van der Waals surface area contributed by atoms with E-state index >= 15 is 0 Å². The van der Waals surface area contributed by atoms with Crippen LogP contribution in [0.1, 0.15) is 20.8 Å². The summed E-state index contributed by atoms with van der Waals surface area (Å²) in [5.74, 6) is 0.000831. The van der Waals surface area contributed by atoms with Crippen LogP contribution in [0.25, 0.3) is 11.1 Å². The third-order valence-corrected chi connectivity index (χ3v) is 4.92. The Morgan fingerprint density at radius 2 is 1.26 bits per heavy atom. The van der Waals surface area contributed by atoms with Gasteiger partial charge in [-0.15, -0.1) is 0 Å². The minimum absolute atomic E-state index is 0.0145. The Labute approximate surface area is 158 Å². The van der Waals surface area contributed by atoms with Crippen molar-refractivity contribution in [2.24, 2.45) is 0 Å². The van der Waals surface area contributed by atoms with Gasteiger partial charge in [0.05, 0.1) is 0 Å². The van der Waals surface area contributed by atoms with Crippen molar-refractivity contribution >= 4 is 11.8 Å². The van der Waals surface area contributed by atoms with E-state index < -0.39 is 0 Å². The lowest BCUT2D eigenvalue weighted by Gasteiger charge is -2.34. The first-order valence-electron chi connectivity index (χ1n) is 9.10. The van der Waals surface area contributed by atoms with Gasteiger partial charge in [0.15, 0.2) is 0 Å². The molecular formula is C22H21N3O2. The molecule has 0 bridgehead atoms. The molecule has 0 aliphatic carbocycles. The van der Waals surface area contributed by atoms with Crippen LogP contribution in [0.2, 0.25) is 0 Å². The molecule has 3 aromatic rings. The fourth-order valence-electron chi connectivity index (χ4n) is 3.36. The molecule has 1 aromatic heterocycles. The van der Waals surface area contributed by atoms with E-state index in [1.165, 1.54) is 0 Å². The first kappa shape index (κ1) is 17.1. The zero-order chi connectivity index (χ0) is 18.6. The van der Waals surface area contributed by atoms with Crippen LogP contribution in [0.5, 0.6) is 0 Å². The maximum absolute atomic E-state index is 12.8. The quantitative estimate of drug-likeness (QED) is 0.780. The third-order valence-electron chi connectivity index (χ3n) is 4.92. The number of piperazine rings is 1. The SMILES string of the molecule is O=C(c1ccc(-c2ccccc2)cc1)N1CCN(C(=O)c2ccc[nH]2)CC1. The van der Waals surface area contributed by atoms with Crippen LogP contribution in [-0.4, -0.2) is 52.8 Å². The standard InChI is InChI=1S/C22H21N3O2/c26-21(19-10-8-18(9-11-19)17-5-2-1-3-6-17)24-13-15-25(16-14-24)22(27)20-7-4-12-23-20/h1-12,23H,13-16H2. The van der Waals surface area contributed by atoms with Gasteiger partial charge in [0.1, 0.15) is 5.69 Å². The topological polar surface area (TPSA) is 56.4 Å². The van der Waals surface area contributed by atoms with Gasteiger partial charge in [-0.05, 0) is 35.4 Å². The molecule has 5 heteroatoms. The molecule has 1 aliphatic heterocycles. The predicted octanol–water partition coefficient (Wildman–Crippen LogP) is 3.28. The highest BCUT2D eigenvalue weighted by atomic mass is 16.2. The van der Waals surface area contributed by atoms with E-state index in [0.29, 0.717) is 37.4 Å². The zero-order valence-corrected chi connectivity index (χ0v) is 15.0. The highest BCUT2D eigenvalue weighted by Crippen LogP contribution is 2.20. The molecule has 0 atom stereocenters. The van der Waals surface area contributed by atoms with Crippen LogP contribution in [0.4, 0.5) is 0 Å². The van der Waals surface area contributed by atoms with Crippen molar-refractivity contribution in [3.05, 3.63) is 84.2 Å². The van der Waals surface area contributed by atoms with E-state index in [1.807, 2.05) is 53.4 Å². The van der Waals surface area contributed by atoms with Crippen molar-refractivity contribution < 1.29 is 9.59 Å². The summed E-state index contributed by atoms with van der Waals surface area (Å²) < 4.78 is 0. The maximum Gasteiger partial charge on any atom is 0.270 e. The van der Waals surface area contributed by atoms with E-state index in [2.05, 4.69) is 17.1 Å². The van der Waals surface area contributed by atoms with Crippen LogP contribution in [0.3, 0.4) is 0 Å². The number of carbonyl (C=O) groups is 2. The summed E-state index contributed by atoms with van der Waals surface area (Å²) in [5, 5.41) is 0. The molecule has 0 unspecified atom stereocenters. The summed E-state index contributed by atoms with van der Waals surface area (Å²) in [7, 11) is 0. The van der Waals surface area contributed by atoms with Gasteiger partial charge < -0.3 is 14.8 Å². The highest BCUT2D eigenvalue weighted by Gasteiger charge is 2.25. The van der Waals surface area contributed by atoms with Crippen molar-refractivity contribution in [3.63, 3.8) is 0 Å². The second-order valence-corrected chi connectivity index (χ2v) is 6.61. The molecule has 1 saturated heterocycles. The van der Waals surface area contributed by atoms with E-state index in [1.54, 1.807) is 17.2 Å². The first-order valence-corrected chi connectivity index (χ1v) is 9.10. The van der Waals surface area contributed by atoms with Gasteiger partial charge in [-0.3, -0.25) is 9.59 Å². The number of rotatable bonds is 3. The van der Waals surface area contributed by atoms with Crippen LogP contribution in [0, 0.1) is 0 Å². The highest BCUT2D eigenvalue weighted by molar-refractivity contribution is 5.95. The van der Waals surface area contributed by atoms with Crippen molar-refractivity contribution in [2.45, 2.75) is 0 Å². The van der Waals surface area contributed by atoms with Crippen molar-refractivity contribution in [3.8, 4) is 11.1 Å². The van der Waals surface area contributed by atoms with Crippen LogP contribution in [-0.2, 0) is 0 Å². The Morgan fingerprint density at radius 3 is 1.85 bits per heavy atom. The lowest BCUT2D eigenvalue weighted by molar-refractivity contribution is 0.0532. The molecule has 1 N–H and O–H groups in total. The Morgan fingerprint density at radius 1 is 0.667 bits per heavy atom. The Bertz CT molecular complexity index is 910. The average Bonchev–Trinajstić information content (AvgIpc) is 3.28. The van der Waals surface area contributed by atoms with Gasteiger partial charge in [0.25, 0.3) is 11.8 Å². The summed E-state index contributed by atoms with van der Waals surface area (Å²) in [4.78, 5) is 31.7. The molecule has 1 fully saturated rings. The zero-order valence-electron chi connectivity index (χ0n) is 15.0. The van der Waals surface area contributed by atoms with E-state index in [-0.39, 0.29) is 11.8 Å². The molecule has 4 rings (SSSR count). The fourth-order valence-corrected chi connectivity index (χ4v) is 3.36. The van der Waals surface area contributed by atoms with Crippen LogP contribution >= 0.6 is 0 Å².